The average molecular weight is 692 g/mol. The SMILES string of the molecule is NC(N)c1ccc(C(NC(=O)[C@@H]2CCCN2C(=O)CNS(=O)(=O)Cc2ccccc2)P(=O)(Oc2ccccc2)Oc2ccccc2)cc1. The Kier molecular flexibility index (Phi) is 11.3. The molecule has 1 fully saturated rings. The highest BCUT2D eigenvalue weighted by Crippen LogP contribution is 2.59. The van der Waals surface area contributed by atoms with Crippen molar-refractivity contribution >= 4 is 29.4 Å². The molecule has 0 spiro atoms. The zero-order chi connectivity index (χ0) is 34.1. The van der Waals surface area contributed by atoms with E-state index >= 15 is 0 Å². The van der Waals surface area contributed by atoms with Gasteiger partial charge < -0.3 is 30.7 Å². The van der Waals surface area contributed by atoms with Gasteiger partial charge in [-0.05, 0) is 53.8 Å². The molecule has 0 bridgehead atoms. The molecule has 0 aromatic heterocycles. The van der Waals surface area contributed by atoms with E-state index in [-0.39, 0.29) is 23.8 Å². The second-order valence-electron chi connectivity index (χ2n) is 11.3. The van der Waals surface area contributed by atoms with Gasteiger partial charge in [-0.3, -0.25) is 9.59 Å². The first-order valence-electron chi connectivity index (χ1n) is 15.3. The number of sulfonamides is 1. The topological polar surface area (TPSA) is 183 Å². The normalized spacial score (nSPS) is 15.6. The second kappa shape index (κ2) is 15.6. The van der Waals surface area contributed by atoms with Crippen molar-refractivity contribution < 1.29 is 31.6 Å². The fourth-order valence-corrected chi connectivity index (χ4v) is 8.29. The van der Waals surface area contributed by atoms with Gasteiger partial charge in [0.05, 0.1) is 18.5 Å². The van der Waals surface area contributed by atoms with Crippen LogP contribution in [0.15, 0.2) is 115 Å². The van der Waals surface area contributed by atoms with Gasteiger partial charge in [0, 0.05) is 6.54 Å². The number of nitrogens with zero attached hydrogens (tertiary/aromatic N) is 1. The molecule has 0 radical (unpaired) electrons. The third-order valence-electron chi connectivity index (χ3n) is 7.70. The van der Waals surface area contributed by atoms with Crippen molar-refractivity contribution in [3.8, 4) is 11.5 Å². The number of benzene rings is 4. The van der Waals surface area contributed by atoms with Crippen molar-refractivity contribution in [1.29, 1.82) is 0 Å². The second-order valence-corrected chi connectivity index (χ2v) is 15.0. The Bertz CT molecular complexity index is 1780. The number of amides is 2. The number of para-hydroxylation sites is 2. The van der Waals surface area contributed by atoms with Gasteiger partial charge in [-0.2, -0.15) is 0 Å². The number of rotatable bonds is 14. The molecule has 48 heavy (non-hydrogen) atoms. The minimum Gasteiger partial charge on any atom is -0.414 e. The smallest absolute Gasteiger partial charge is 0.414 e. The van der Waals surface area contributed by atoms with Crippen molar-refractivity contribution in [3.63, 3.8) is 0 Å². The summed E-state index contributed by atoms with van der Waals surface area (Å²) >= 11 is 0. The molecule has 252 valence electrons. The minimum atomic E-state index is -4.33. The summed E-state index contributed by atoms with van der Waals surface area (Å²) < 4.78 is 54.8. The highest BCUT2D eigenvalue weighted by Gasteiger charge is 2.44. The number of nitrogens with two attached hydrogens (primary N) is 2. The molecule has 2 atom stereocenters. The monoisotopic (exact) mass is 691 g/mol. The van der Waals surface area contributed by atoms with Crippen molar-refractivity contribution in [2.45, 2.75) is 36.6 Å². The van der Waals surface area contributed by atoms with Gasteiger partial charge in [-0.1, -0.05) is 91.0 Å². The molecule has 1 heterocycles. The fourth-order valence-electron chi connectivity index (χ4n) is 5.31. The molecule has 1 aliphatic heterocycles. The molecule has 2 amide bonds. The molecule has 14 heteroatoms. The van der Waals surface area contributed by atoms with Crippen LogP contribution in [0.1, 0.15) is 41.5 Å². The van der Waals surface area contributed by atoms with Crippen molar-refractivity contribution in [3.05, 3.63) is 132 Å². The van der Waals surface area contributed by atoms with Crippen LogP contribution in [-0.4, -0.2) is 44.3 Å². The highest BCUT2D eigenvalue weighted by atomic mass is 32.2. The summed E-state index contributed by atoms with van der Waals surface area (Å²) in [6.07, 6.45) is 0.0570. The molecular formula is C34H38N5O7PS. The maximum Gasteiger partial charge on any atom is 0.457 e. The number of carbonyl (C=O) groups is 2. The molecule has 0 aliphatic carbocycles. The van der Waals surface area contributed by atoms with Crippen molar-refractivity contribution in [1.82, 2.24) is 14.9 Å². The maximum absolute atomic E-state index is 14.9. The molecule has 1 saturated heterocycles. The first-order chi connectivity index (χ1) is 23.0. The summed E-state index contributed by atoms with van der Waals surface area (Å²) in [7, 11) is -8.16. The molecule has 5 rings (SSSR count). The zero-order valence-corrected chi connectivity index (χ0v) is 27.8. The van der Waals surface area contributed by atoms with Crippen LogP contribution in [0.4, 0.5) is 0 Å². The third-order valence-corrected chi connectivity index (χ3v) is 11.0. The van der Waals surface area contributed by atoms with Crippen LogP contribution in [0.2, 0.25) is 0 Å². The Hall–Kier alpha value is -4.52. The van der Waals surface area contributed by atoms with Gasteiger partial charge in [0.2, 0.25) is 21.8 Å². The van der Waals surface area contributed by atoms with Crippen molar-refractivity contribution in [2.75, 3.05) is 13.1 Å². The summed E-state index contributed by atoms with van der Waals surface area (Å²) in [5.74, 6) is -2.30. The largest absolute Gasteiger partial charge is 0.457 e. The maximum atomic E-state index is 14.9. The predicted octanol–water partition coefficient (Wildman–Crippen LogP) is 4.18. The van der Waals surface area contributed by atoms with Crippen LogP contribution in [0.3, 0.4) is 0 Å². The third kappa shape index (κ3) is 9.09. The summed E-state index contributed by atoms with van der Waals surface area (Å²) in [5, 5.41) is 2.85. The number of carbonyl (C=O) groups excluding carboxylic acids is 2. The molecule has 0 saturated carbocycles. The van der Waals surface area contributed by atoms with Crippen LogP contribution in [0, 0.1) is 0 Å². The van der Waals surface area contributed by atoms with E-state index in [9.17, 15) is 22.6 Å². The van der Waals surface area contributed by atoms with E-state index in [2.05, 4.69) is 10.0 Å². The Morgan fingerprint density at radius 3 is 1.88 bits per heavy atom. The van der Waals surface area contributed by atoms with E-state index < -0.39 is 54.0 Å². The van der Waals surface area contributed by atoms with Crippen LogP contribution >= 0.6 is 7.60 Å². The number of hydrogen-bond acceptors (Lipinski definition) is 9. The van der Waals surface area contributed by atoms with E-state index in [0.717, 1.165) is 0 Å². The Balaban J connectivity index is 1.40. The van der Waals surface area contributed by atoms with Gasteiger partial charge in [0.25, 0.3) is 0 Å². The lowest BCUT2D eigenvalue weighted by Crippen LogP contribution is -2.49. The Morgan fingerprint density at radius 1 is 0.812 bits per heavy atom. The molecule has 12 nitrogen and oxygen atoms in total. The van der Waals surface area contributed by atoms with Crippen LogP contribution in [0.5, 0.6) is 11.5 Å². The van der Waals surface area contributed by atoms with E-state index in [1.165, 1.54) is 4.90 Å². The van der Waals surface area contributed by atoms with E-state index in [1.807, 2.05) is 0 Å². The van der Waals surface area contributed by atoms with Gasteiger partial charge in [0.15, 0.2) is 5.78 Å². The summed E-state index contributed by atoms with van der Waals surface area (Å²) in [6.45, 7) is -0.278. The first kappa shape index (κ1) is 34.8. The molecule has 4 aromatic rings. The minimum absolute atomic E-state index is 0.240. The molecule has 1 unspecified atom stereocenters. The number of nitrogens with one attached hydrogen (secondary N) is 2. The lowest BCUT2D eigenvalue weighted by molar-refractivity contribution is -0.137. The van der Waals surface area contributed by atoms with Gasteiger partial charge in [0.1, 0.15) is 17.5 Å². The van der Waals surface area contributed by atoms with E-state index in [0.29, 0.717) is 29.5 Å². The van der Waals surface area contributed by atoms with E-state index in [1.54, 1.807) is 115 Å². The molecule has 1 aliphatic rings. The van der Waals surface area contributed by atoms with Crippen LogP contribution in [0.25, 0.3) is 0 Å². The van der Waals surface area contributed by atoms with E-state index in [4.69, 9.17) is 20.5 Å². The predicted molar refractivity (Wildman–Crippen MR) is 182 cm³/mol. The summed E-state index contributed by atoms with van der Waals surface area (Å²) in [4.78, 5) is 28.6. The first-order valence-corrected chi connectivity index (χ1v) is 18.6. The lowest BCUT2D eigenvalue weighted by atomic mass is 10.1. The van der Waals surface area contributed by atoms with Gasteiger partial charge in [-0.25, -0.2) is 17.7 Å². The fraction of sp³-hybridized carbons (Fsp3) is 0.235. The van der Waals surface area contributed by atoms with Crippen LogP contribution in [-0.2, 0) is 29.9 Å². The molecule has 4 aromatic carbocycles. The average Bonchev–Trinajstić information content (AvgIpc) is 3.58. The Labute approximate surface area is 280 Å². The standard InChI is InChI=1S/C34H38N5O7PS/c35-32(36)26-18-20-27(21-19-26)34(47(42,45-28-13-6-2-7-14-28)46-29-15-8-3-9-16-29)38-33(41)30-17-10-22-39(30)31(40)23-37-48(43,44)24-25-11-4-1-5-12-25/h1-9,11-16,18-21,30,32,34,37H,10,17,22-24,35-36H2,(H,38,41)/t30-,34?/m0/s1. The van der Waals surface area contributed by atoms with Crippen molar-refractivity contribution in [2.24, 2.45) is 11.5 Å². The van der Waals surface area contributed by atoms with Crippen LogP contribution < -0.4 is 30.6 Å². The number of likely N-dealkylation sites (tertiary alicyclic amines) is 1. The lowest BCUT2D eigenvalue weighted by Gasteiger charge is -2.31. The quantitative estimate of drug-likeness (QED) is 0.111. The Morgan fingerprint density at radius 2 is 1.33 bits per heavy atom. The van der Waals surface area contributed by atoms with Gasteiger partial charge in [-0.15, -0.1) is 0 Å². The molecule has 6 N–H and O–H groups in total. The molecular weight excluding hydrogens is 653 g/mol. The highest BCUT2D eigenvalue weighted by molar-refractivity contribution is 7.88. The number of hydrogen-bond donors (Lipinski definition) is 4. The van der Waals surface area contributed by atoms with Gasteiger partial charge >= 0.3 is 7.60 Å². The summed E-state index contributed by atoms with van der Waals surface area (Å²) in [6, 6.07) is 31.1. The summed E-state index contributed by atoms with van der Waals surface area (Å²) in [5.41, 5.74) is 13.3. The zero-order valence-electron chi connectivity index (χ0n) is 26.1.